The molecule has 1 aliphatic rings. The van der Waals surface area contributed by atoms with Crippen molar-refractivity contribution < 1.29 is 9.59 Å². The van der Waals surface area contributed by atoms with Gasteiger partial charge in [-0.2, -0.15) is 0 Å². The van der Waals surface area contributed by atoms with Crippen LogP contribution in [0.25, 0.3) is 0 Å². The van der Waals surface area contributed by atoms with Crippen molar-refractivity contribution in [2.24, 2.45) is 0 Å². The number of hydrogen-bond donors (Lipinski definition) is 0. The van der Waals surface area contributed by atoms with Crippen LogP contribution in [-0.2, 0) is 9.59 Å². The van der Waals surface area contributed by atoms with Crippen molar-refractivity contribution in [3.05, 3.63) is 29.3 Å². The maximum absolute atomic E-state index is 12.5. The van der Waals surface area contributed by atoms with Gasteiger partial charge in [-0.3, -0.25) is 9.59 Å². The lowest BCUT2D eigenvalue weighted by molar-refractivity contribution is -0.141. The molecule has 0 aliphatic carbocycles. The smallest absolute Gasteiger partial charge is 0.242 e. The van der Waals surface area contributed by atoms with Crippen LogP contribution in [0.5, 0.6) is 0 Å². The van der Waals surface area contributed by atoms with E-state index in [-0.39, 0.29) is 24.4 Å². The van der Waals surface area contributed by atoms with E-state index in [1.807, 2.05) is 18.7 Å². The first kappa shape index (κ1) is 18.3. The number of amides is 2. The summed E-state index contributed by atoms with van der Waals surface area (Å²) in [6.45, 7) is 12.9. The summed E-state index contributed by atoms with van der Waals surface area (Å²) < 4.78 is 0. The lowest BCUT2D eigenvalue weighted by atomic mass is 10.1. The second-order valence-corrected chi connectivity index (χ2v) is 6.83. The zero-order valence-electron chi connectivity index (χ0n) is 15.5. The minimum atomic E-state index is -0.0487. The summed E-state index contributed by atoms with van der Waals surface area (Å²) in [6.07, 6.45) is 0. The molecular weight excluding hydrogens is 302 g/mol. The monoisotopic (exact) mass is 331 g/mol. The fourth-order valence-electron chi connectivity index (χ4n) is 3.18. The molecule has 0 unspecified atom stereocenters. The highest BCUT2D eigenvalue weighted by Crippen LogP contribution is 2.23. The van der Waals surface area contributed by atoms with E-state index in [1.165, 1.54) is 23.7 Å². The first-order valence-corrected chi connectivity index (χ1v) is 8.67. The Morgan fingerprint density at radius 3 is 2.29 bits per heavy atom. The number of rotatable bonds is 4. The predicted octanol–water partition coefficient (Wildman–Crippen LogP) is 2.21. The van der Waals surface area contributed by atoms with Crippen LogP contribution in [0.4, 0.5) is 5.69 Å². The minimum absolute atomic E-state index is 0.0412. The van der Waals surface area contributed by atoms with Gasteiger partial charge in [0.2, 0.25) is 11.8 Å². The quantitative estimate of drug-likeness (QED) is 0.850. The number of carbonyl (C=O) groups excluding carboxylic acids is 2. The van der Waals surface area contributed by atoms with Crippen LogP contribution >= 0.6 is 0 Å². The molecule has 0 bridgehead atoms. The Labute approximate surface area is 145 Å². The molecule has 0 atom stereocenters. The number of benzene rings is 1. The Hall–Kier alpha value is -2.04. The van der Waals surface area contributed by atoms with Crippen LogP contribution in [0, 0.1) is 13.8 Å². The molecule has 1 heterocycles. The molecule has 2 amide bonds. The summed E-state index contributed by atoms with van der Waals surface area (Å²) in [6, 6.07) is 6.40. The average Bonchev–Trinajstić information content (AvgIpc) is 2.54. The normalized spacial score (nSPS) is 14.9. The molecule has 1 saturated heterocycles. The fourth-order valence-corrected chi connectivity index (χ4v) is 3.18. The highest BCUT2D eigenvalue weighted by molar-refractivity contribution is 5.84. The zero-order valence-corrected chi connectivity index (χ0v) is 15.5. The standard InChI is InChI=1S/C19H29N3O2/c1-14(2)22(17(5)23)13-19(24)21-11-9-20(10-12-21)18-8-6-7-15(3)16(18)4/h6-8,14H,9-13H2,1-5H3. The van der Waals surface area contributed by atoms with E-state index in [0.29, 0.717) is 13.1 Å². The third-order valence-corrected chi connectivity index (χ3v) is 4.88. The number of piperazine rings is 1. The summed E-state index contributed by atoms with van der Waals surface area (Å²) in [7, 11) is 0. The molecule has 1 fully saturated rings. The zero-order chi connectivity index (χ0) is 17.9. The van der Waals surface area contributed by atoms with Crippen molar-refractivity contribution in [3.8, 4) is 0 Å². The van der Waals surface area contributed by atoms with E-state index >= 15 is 0 Å². The second-order valence-electron chi connectivity index (χ2n) is 6.83. The lowest BCUT2D eigenvalue weighted by Crippen LogP contribution is -2.52. The van der Waals surface area contributed by atoms with E-state index in [4.69, 9.17) is 0 Å². The number of anilines is 1. The molecule has 0 radical (unpaired) electrons. The molecule has 2 rings (SSSR count). The van der Waals surface area contributed by atoms with Crippen molar-refractivity contribution in [2.45, 2.75) is 40.7 Å². The van der Waals surface area contributed by atoms with Gasteiger partial charge < -0.3 is 14.7 Å². The minimum Gasteiger partial charge on any atom is -0.368 e. The fraction of sp³-hybridized carbons (Fsp3) is 0.579. The number of hydrogen-bond acceptors (Lipinski definition) is 3. The number of aryl methyl sites for hydroxylation is 1. The average molecular weight is 331 g/mol. The van der Waals surface area contributed by atoms with E-state index in [9.17, 15) is 9.59 Å². The van der Waals surface area contributed by atoms with Gasteiger partial charge in [0.05, 0.1) is 6.54 Å². The van der Waals surface area contributed by atoms with Crippen molar-refractivity contribution >= 4 is 17.5 Å². The van der Waals surface area contributed by atoms with Crippen LogP contribution in [0.3, 0.4) is 0 Å². The molecule has 1 aromatic rings. The summed E-state index contributed by atoms with van der Waals surface area (Å²) in [5.41, 5.74) is 3.86. The van der Waals surface area contributed by atoms with Gasteiger partial charge in [0.1, 0.15) is 0 Å². The van der Waals surface area contributed by atoms with Crippen LogP contribution in [0.2, 0.25) is 0 Å². The van der Waals surface area contributed by atoms with Gasteiger partial charge >= 0.3 is 0 Å². The van der Waals surface area contributed by atoms with Gasteiger partial charge in [0.25, 0.3) is 0 Å². The van der Waals surface area contributed by atoms with Gasteiger partial charge in [-0.1, -0.05) is 12.1 Å². The molecule has 5 heteroatoms. The van der Waals surface area contributed by atoms with Crippen LogP contribution in [0.1, 0.15) is 31.9 Å². The molecule has 0 N–H and O–H groups in total. The van der Waals surface area contributed by atoms with E-state index < -0.39 is 0 Å². The number of nitrogens with zero attached hydrogens (tertiary/aromatic N) is 3. The summed E-state index contributed by atoms with van der Waals surface area (Å²) in [4.78, 5) is 30.0. The molecule has 0 aromatic heterocycles. The molecule has 0 saturated carbocycles. The van der Waals surface area contributed by atoms with E-state index in [2.05, 4.69) is 36.9 Å². The largest absolute Gasteiger partial charge is 0.368 e. The van der Waals surface area contributed by atoms with E-state index in [0.717, 1.165) is 13.1 Å². The van der Waals surface area contributed by atoms with Crippen LogP contribution < -0.4 is 4.90 Å². The Morgan fingerprint density at radius 1 is 1.12 bits per heavy atom. The highest BCUT2D eigenvalue weighted by Gasteiger charge is 2.25. The van der Waals surface area contributed by atoms with E-state index in [1.54, 1.807) is 4.90 Å². The second kappa shape index (κ2) is 7.69. The Balaban J connectivity index is 1.96. The molecule has 1 aliphatic heterocycles. The Bertz CT molecular complexity index is 605. The Morgan fingerprint density at radius 2 is 1.75 bits per heavy atom. The molecule has 0 spiro atoms. The third kappa shape index (κ3) is 4.08. The first-order valence-electron chi connectivity index (χ1n) is 8.67. The topological polar surface area (TPSA) is 43.9 Å². The van der Waals surface area contributed by atoms with Crippen molar-refractivity contribution in [1.29, 1.82) is 0 Å². The number of carbonyl (C=O) groups is 2. The van der Waals surface area contributed by atoms with Gasteiger partial charge in [-0.25, -0.2) is 0 Å². The van der Waals surface area contributed by atoms with Crippen molar-refractivity contribution in [3.63, 3.8) is 0 Å². The van der Waals surface area contributed by atoms with Gasteiger partial charge in [0.15, 0.2) is 0 Å². The SMILES string of the molecule is CC(=O)N(CC(=O)N1CCN(c2cccc(C)c2C)CC1)C(C)C. The maximum Gasteiger partial charge on any atom is 0.242 e. The summed E-state index contributed by atoms with van der Waals surface area (Å²) in [5, 5.41) is 0. The van der Waals surface area contributed by atoms with Gasteiger partial charge in [-0.15, -0.1) is 0 Å². The van der Waals surface area contributed by atoms with Gasteiger partial charge in [-0.05, 0) is 44.9 Å². The maximum atomic E-state index is 12.5. The van der Waals surface area contributed by atoms with Crippen LogP contribution in [0.15, 0.2) is 18.2 Å². The molecule has 24 heavy (non-hydrogen) atoms. The molecule has 5 nitrogen and oxygen atoms in total. The predicted molar refractivity (Wildman–Crippen MR) is 97.2 cm³/mol. The lowest BCUT2D eigenvalue weighted by Gasteiger charge is -2.38. The summed E-state index contributed by atoms with van der Waals surface area (Å²) in [5.74, 6) is -0.00751. The van der Waals surface area contributed by atoms with Crippen LogP contribution in [-0.4, -0.2) is 60.4 Å². The highest BCUT2D eigenvalue weighted by atomic mass is 16.2. The molecule has 132 valence electrons. The summed E-state index contributed by atoms with van der Waals surface area (Å²) >= 11 is 0. The van der Waals surface area contributed by atoms with Gasteiger partial charge in [0, 0.05) is 44.8 Å². The van der Waals surface area contributed by atoms with Crippen molar-refractivity contribution in [2.75, 3.05) is 37.6 Å². The molecular formula is C19H29N3O2. The first-order chi connectivity index (χ1) is 11.3. The molecule has 1 aromatic carbocycles. The third-order valence-electron chi connectivity index (χ3n) is 4.88. The van der Waals surface area contributed by atoms with Crippen molar-refractivity contribution in [1.82, 2.24) is 9.80 Å². The Kier molecular flexibility index (Phi) is 5.86.